The van der Waals surface area contributed by atoms with E-state index in [2.05, 4.69) is 106 Å². The van der Waals surface area contributed by atoms with Crippen LogP contribution in [0.1, 0.15) is 44.3 Å². The largest absolute Gasteiger partial charge is 0.493 e. The third-order valence-electron chi connectivity index (χ3n) is 8.83. The molecule has 0 fully saturated rings. The number of aryl methyl sites for hydroxylation is 2. The summed E-state index contributed by atoms with van der Waals surface area (Å²) >= 11 is 0. The van der Waals surface area contributed by atoms with E-state index in [9.17, 15) is 5.11 Å². The van der Waals surface area contributed by atoms with Crippen LogP contribution in [0.4, 0.5) is 0 Å². The number of para-hydroxylation sites is 4. The van der Waals surface area contributed by atoms with Gasteiger partial charge in [0.05, 0.1) is 19.3 Å². The van der Waals surface area contributed by atoms with Gasteiger partial charge in [-0.3, -0.25) is 0 Å². The number of ether oxygens (including phenoxy) is 2. The fourth-order valence-electron chi connectivity index (χ4n) is 6.61. The highest BCUT2D eigenvalue weighted by atomic mass is 16.5. The van der Waals surface area contributed by atoms with E-state index in [1.807, 2.05) is 18.2 Å². The molecule has 7 aromatic rings. The van der Waals surface area contributed by atoms with Gasteiger partial charge in [0, 0.05) is 62.8 Å². The highest BCUT2D eigenvalue weighted by Gasteiger charge is 2.12. The van der Waals surface area contributed by atoms with Crippen molar-refractivity contribution in [3.63, 3.8) is 0 Å². The first kappa shape index (κ1) is 29.0. The number of hydrogen-bond acceptors (Lipinski definition) is 3. The van der Waals surface area contributed by atoms with Crippen LogP contribution in [-0.2, 0) is 13.1 Å². The highest BCUT2D eigenvalue weighted by Crippen LogP contribution is 2.31. The molecule has 5 nitrogen and oxygen atoms in total. The maximum absolute atomic E-state index is 10.3. The molecule has 0 saturated carbocycles. The lowest BCUT2D eigenvalue weighted by Crippen LogP contribution is -2.05. The molecule has 0 aliphatic heterocycles. The second kappa shape index (κ2) is 13.1. The molecule has 7 rings (SSSR count). The second-order valence-corrected chi connectivity index (χ2v) is 11.9. The Morgan fingerprint density at radius 1 is 0.511 bits per heavy atom. The minimum absolute atomic E-state index is 0.596. The van der Waals surface area contributed by atoms with Crippen molar-refractivity contribution in [1.29, 1.82) is 0 Å². The molecule has 0 aliphatic rings. The van der Waals surface area contributed by atoms with Crippen LogP contribution in [0.15, 0.2) is 115 Å². The predicted octanol–water partition coefficient (Wildman–Crippen LogP) is 9.67. The smallest absolute Gasteiger partial charge is 0.123 e. The van der Waals surface area contributed by atoms with Crippen LogP contribution < -0.4 is 9.47 Å². The minimum atomic E-state index is -0.596. The molecular formula is C40H40N2O3. The van der Waals surface area contributed by atoms with E-state index in [4.69, 9.17) is 9.47 Å². The molecular weight excluding hydrogens is 556 g/mol. The topological polar surface area (TPSA) is 48.6 Å². The van der Waals surface area contributed by atoms with Crippen LogP contribution in [0.3, 0.4) is 0 Å². The lowest BCUT2D eigenvalue weighted by Gasteiger charge is -2.14. The second-order valence-electron chi connectivity index (χ2n) is 11.9. The Bertz CT molecular complexity index is 1820. The van der Waals surface area contributed by atoms with E-state index in [1.54, 1.807) is 6.92 Å². The number of unbranched alkanes of at least 4 members (excludes halogenated alkanes) is 2. The minimum Gasteiger partial charge on any atom is -0.493 e. The number of aliphatic hydroxyl groups is 1. The third kappa shape index (κ3) is 6.01. The lowest BCUT2D eigenvalue weighted by atomic mass is 10.1. The lowest BCUT2D eigenvalue weighted by molar-refractivity contribution is 0.197. The normalized spacial score (nSPS) is 12.4. The average Bonchev–Trinajstić information content (AvgIpc) is 3.57. The average molecular weight is 597 g/mol. The van der Waals surface area contributed by atoms with Crippen molar-refractivity contribution in [2.24, 2.45) is 0 Å². The summed E-state index contributed by atoms with van der Waals surface area (Å²) < 4.78 is 17.2. The summed E-state index contributed by atoms with van der Waals surface area (Å²) in [6, 6.07) is 40.3. The Balaban J connectivity index is 0.935. The van der Waals surface area contributed by atoms with Crippen LogP contribution in [0, 0.1) is 0 Å². The van der Waals surface area contributed by atoms with E-state index < -0.39 is 6.10 Å². The molecule has 1 N–H and O–H groups in total. The maximum atomic E-state index is 10.3. The molecule has 0 radical (unpaired) electrons. The van der Waals surface area contributed by atoms with Gasteiger partial charge < -0.3 is 23.7 Å². The fraction of sp³-hybridized carbons (Fsp3) is 0.250. The van der Waals surface area contributed by atoms with Crippen LogP contribution in [0.25, 0.3) is 43.6 Å². The molecule has 228 valence electrons. The van der Waals surface area contributed by atoms with Crippen molar-refractivity contribution in [3.8, 4) is 11.5 Å². The van der Waals surface area contributed by atoms with Gasteiger partial charge in [0.2, 0.25) is 0 Å². The number of fused-ring (bicyclic) bond motifs is 6. The molecule has 0 amide bonds. The number of aromatic nitrogens is 2. The quantitative estimate of drug-likeness (QED) is 0.135. The molecule has 0 bridgehead atoms. The van der Waals surface area contributed by atoms with E-state index in [1.165, 1.54) is 43.6 Å². The van der Waals surface area contributed by atoms with Crippen molar-refractivity contribution in [2.75, 3.05) is 13.2 Å². The molecule has 2 heterocycles. The van der Waals surface area contributed by atoms with Gasteiger partial charge in [0.25, 0.3) is 0 Å². The van der Waals surface area contributed by atoms with E-state index in [0.717, 1.165) is 55.8 Å². The van der Waals surface area contributed by atoms with Crippen molar-refractivity contribution in [3.05, 3.63) is 121 Å². The SMILES string of the molecule is CC(O)c1cc(OCCCCn2c3ccccc3c3ccccc32)cc(OCCCCn2c3ccccc3c3ccccc32)c1. The summed E-state index contributed by atoms with van der Waals surface area (Å²) in [5, 5.41) is 15.5. The van der Waals surface area contributed by atoms with E-state index >= 15 is 0 Å². The molecule has 5 heteroatoms. The summed E-state index contributed by atoms with van der Waals surface area (Å²) in [6.07, 6.45) is 3.28. The maximum Gasteiger partial charge on any atom is 0.123 e. The summed E-state index contributed by atoms with van der Waals surface area (Å²) in [4.78, 5) is 0. The number of aliphatic hydroxyl groups excluding tert-OH is 1. The molecule has 2 aromatic heterocycles. The predicted molar refractivity (Wildman–Crippen MR) is 185 cm³/mol. The molecule has 1 atom stereocenters. The summed E-state index contributed by atoms with van der Waals surface area (Å²) in [6.45, 7) is 4.87. The van der Waals surface area contributed by atoms with E-state index in [0.29, 0.717) is 13.2 Å². The standard InChI is InChI=1S/C40H40N2O3/c1-29(43)30-26-31(44-24-12-10-22-41-37-18-6-2-14-33(37)34-15-3-7-19-38(34)41)28-32(27-30)45-25-13-11-23-42-39-20-8-4-16-35(39)36-17-5-9-21-40(36)42/h2-9,14-21,26-29,43H,10-13,22-25H2,1H3. The third-order valence-corrected chi connectivity index (χ3v) is 8.83. The van der Waals surface area contributed by atoms with Crippen molar-refractivity contribution < 1.29 is 14.6 Å². The van der Waals surface area contributed by atoms with Crippen LogP contribution in [-0.4, -0.2) is 27.5 Å². The first-order chi connectivity index (χ1) is 22.2. The Hall–Kier alpha value is -4.74. The number of hydrogen-bond donors (Lipinski definition) is 1. The van der Waals surface area contributed by atoms with Crippen molar-refractivity contribution >= 4 is 43.6 Å². The Morgan fingerprint density at radius 2 is 0.867 bits per heavy atom. The van der Waals surface area contributed by atoms with Gasteiger partial charge in [-0.1, -0.05) is 72.8 Å². The van der Waals surface area contributed by atoms with Crippen LogP contribution >= 0.6 is 0 Å². The van der Waals surface area contributed by atoms with Gasteiger partial charge in [-0.25, -0.2) is 0 Å². The number of rotatable bonds is 13. The molecule has 0 saturated heterocycles. The van der Waals surface area contributed by atoms with E-state index in [-0.39, 0.29) is 0 Å². The number of nitrogens with zero attached hydrogens (tertiary/aromatic N) is 2. The van der Waals surface area contributed by atoms with Gasteiger partial charge in [-0.05, 0) is 74.6 Å². The van der Waals surface area contributed by atoms with Crippen molar-refractivity contribution in [2.45, 2.75) is 51.8 Å². The highest BCUT2D eigenvalue weighted by molar-refractivity contribution is 6.08. The fourth-order valence-corrected chi connectivity index (χ4v) is 6.61. The van der Waals surface area contributed by atoms with Gasteiger partial charge in [0.15, 0.2) is 0 Å². The summed E-state index contributed by atoms with van der Waals surface area (Å²) in [5.41, 5.74) is 5.92. The summed E-state index contributed by atoms with van der Waals surface area (Å²) in [7, 11) is 0. The first-order valence-electron chi connectivity index (χ1n) is 16.2. The first-order valence-corrected chi connectivity index (χ1v) is 16.2. The van der Waals surface area contributed by atoms with Gasteiger partial charge >= 0.3 is 0 Å². The monoisotopic (exact) mass is 596 g/mol. The molecule has 1 unspecified atom stereocenters. The van der Waals surface area contributed by atoms with Crippen LogP contribution in [0.5, 0.6) is 11.5 Å². The zero-order chi connectivity index (χ0) is 30.6. The molecule has 0 spiro atoms. The molecule has 0 aliphatic carbocycles. The summed E-state index contributed by atoms with van der Waals surface area (Å²) in [5.74, 6) is 1.48. The molecule has 5 aromatic carbocycles. The van der Waals surface area contributed by atoms with Gasteiger partial charge in [0.1, 0.15) is 11.5 Å². The Labute approximate surface area is 264 Å². The zero-order valence-electron chi connectivity index (χ0n) is 25.9. The number of benzene rings is 5. The zero-order valence-corrected chi connectivity index (χ0v) is 25.9. The molecule has 45 heavy (non-hydrogen) atoms. The van der Waals surface area contributed by atoms with Crippen LogP contribution in [0.2, 0.25) is 0 Å². The Morgan fingerprint density at radius 3 is 1.22 bits per heavy atom. The Kier molecular flexibility index (Phi) is 8.44. The van der Waals surface area contributed by atoms with Gasteiger partial charge in [-0.2, -0.15) is 0 Å². The van der Waals surface area contributed by atoms with Crippen molar-refractivity contribution in [1.82, 2.24) is 9.13 Å². The van der Waals surface area contributed by atoms with Gasteiger partial charge in [-0.15, -0.1) is 0 Å².